The van der Waals surface area contributed by atoms with Gasteiger partial charge in [0.05, 0.1) is 18.1 Å². The number of benzodiazepines with no additional fused rings is 1. The number of benzene rings is 2. The van der Waals surface area contributed by atoms with Gasteiger partial charge in [-0.3, -0.25) is 4.99 Å². The van der Waals surface area contributed by atoms with Gasteiger partial charge in [-0.05, 0) is 24.5 Å². The van der Waals surface area contributed by atoms with Crippen molar-refractivity contribution < 1.29 is 0 Å². The van der Waals surface area contributed by atoms with Crippen LogP contribution in [-0.2, 0) is 0 Å². The normalized spacial score (nSPS) is 14.4. The minimum absolute atomic E-state index is 0.753. The highest BCUT2D eigenvalue weighted by Gasteiger charge is 2.19. The van der Waals surface area contributed by atoms with E-state index in [4.69, 9.17) is 16.6 Å². The second-order valence-electron chi connectivity index (χ2n) is 4.94. The van der Waals surface area contributed by atoms with Crippen molar-refractivity contribution in [3.63, 3.8) is 0 Å². The Morgan fingerprint density at radius 2 is 2.00 bits per heavy atom. The molecule has 0 saturated heterocycles. The van der Waals surface area contributed by atoms with Crippen molar-refractivity contribution in [1.29, 1.82) is 0 Å². The third kappa shape index (κ3) is 3.09. The molecule has 0 atom stereocenters. The number of hydrogen-bond donors (Lipinski definition) is 0. The van der Waals surface area contributed by atoms with Gasteiger partial charge < -0.3 is 4.90 Å². The first-order valence-electron chi connectivity index (χ1n) is 6.93. The van der Waals surface area contributed by atoms with Crippen LogP contribution in [0.25, 0.3) is 0 Å². The van der Waals surface area contributed by atoms with E-state index < -0.39 is 0 Å². The largest absolute Gasteiger partial charge is 0.360 e. The summed E-state index contributed by atoms with van der Waals surface area (Å²) in [5, 5.41) is 0.753. The first kappa shape index (κ1) is 14.5. The Morgan fingerprint density at radius 1 is 1.19 bits per heavy atom. The third-order valence-electron chi connectivity index (χ3n) is 3.53. The Kier molecular flexibility index (Phi) is 4.51. The van der Waals surface area contributed by atoms with Gasteiger partial charge >= 0.3 is 0 Å². The van der Waals surface area contributed by atoms with E-state index in [1.165, 1.54) is 5.69 Å². The van der Waals surface area contributed by atoms with E-state index in [-0.39, 0.29) is 0 Å². The van der Waals surface area contributed by atoms with Crippen LogP contribution >= 0.6 is 23.4 Å². The average Bonchev–Trinajstić information content (AvgIpc) is 2.68. The maximum absolute atomic E-state index is 6.23. The first-order valence-corrected chi connectivity index (χ1v) is 8.70. The third-order valence-corrected chi connectivity index (χ3v) is 4.33. The van der Waals surface area contributed by atoms with Crippen molar-refractivity contribution >= 4 is 34.8 Å². The number of rotatable bonds is 3. The number of aliphatic imine (C=N–C) groups is 1. The second-order valence-corrected chi connectivity index (χ2v) is 6.21. The Hall–Kier alpha value is -1.45. The van der Waals surface area contributed by atoms with Gasteiger partial charge in [0.15, 0.2) is 0 Å². The van der Waals surface area contributed by atoms with Crippen LogP contribution < -0.4 is 4.90 Å². The number of hydrogen-bond acceptors (Lipinski definition) is 3. The van der Waals surface area contributed by atoms with Gasteiger partial charge in [0.25, 0.3) is 0 Å². The number of nitrogens with zero attached hydrogens (tertiary/aromatic N) is 2. The van der Waals surface area contributed by atoms with Gasteiger partial charge in [0.1, 0.15) is 0 Å². The van der Waals surface area contributed by atoms with Crippen molar-refractivity contribution in [3.8, 4) is 0 Å². The fraction of sp³-hybridized carbons (Fsp3) is 0.235. The smallest absolute Gasteiger partial charge is 0.0741 e. The molecule has 21 heavy (non-hydrogen) atoms. The number of halogens is 1. The van der Waals surface area contributed by atoms with Gasteiger partial charge in [0.2, 0.25) is 0 Å². The summed E-state index contributed by atoms with van der Waals surface area (Å²) in [6, 6.07) is 16.4. The van der Waals surface area contributed by atoms with E-state index in [2.05, 4.69) is 29.4 Å². The molecule has 1 heterocycles. The number of fused-ring (bicyclic) bond motifs is 1. The van der Waals surface area contributed by atoms with Crippen LogP contribution in [0.3, 0.4) is 0 Å². The molecule has 2 aromatic rings. The van der Waals surface area contributed by atoms with E-state index in [1.54, 1.807) is 0 Å². The van der Waals surface area contributed by atoms with Gasteiger partial charge in [0, 0.05) is 28.4 Å². The lowest BCUT2D eigenvalue weighted by Gasteiger charge is -2.24. The molecular formula is C17H17ClN2S. The lowest BCUT2D eigenvalue weighted by atomic mass is 10.0. The molecule has 0 fully saturated rings. The predicted molar refractivity (Wildman–Crippen MR) is 94.1 cm³/mol. The summed E-state index contributed by atoms with van der Waals surface area (Å²) in [5.74, 6) is 0.965. The van der Waals surface area contributed by atoms with E-state index in [1.807, 2.05) is 42.1 Å². The molecule has 0 spiro atoms. The Bertz CT molecular complexity index is 655. The lowest BCUT2D eigenvalue weighted by Crippen LogP contribution is -2.25. The molecule has 0 aromatic heterocycles. The topological polar surface area (TPSA) is 15.6 Å². The van der Waals surface area contributed by atoms with E-state index in [0.717, 1.165) is 40.8 Å². The van der Waals surface area contributed by atoms with Crippen LogP contribution in [0.4, 0.5) is 5.69 Å². The fourth-order valence-electron chi connectivity index (χ4n) is 2.59. The van der Waals surface area contributed by atoms with Crippen LogP contribution in [0.1, 0.15) is 11.1 Å². The minimum Gasteiger partial charge on any atom is -0.360 e. The molecule has 0 unspecified atom stereocenters. The highest BCUT2D eigenvalue weighted by atomic mass is 35.5. The Morgan fingerprint density at radius 3 is 2.76 bits per heavy atom. The summed E-state index contributed by atoms with van der Waals surface area (Å²) in [4.78, 5) is 7.19. The van der Waals surface area contributed by atoms with E-state index in [9.17, 15) is 0 Å². The first-order chi connectivity index (χ1) is 10.3. The number of thioether (sulfide) groups is 1. The summed E-state index contributed by atoms with van der Waals surface area (Å²) >= 11 is 8.05. The zero-order chi connectivity index (χ0) is 14.7. The highest BCUT2D eigenvalue weighted by Crippen LogP contribution is 2.29. The molecule has 4 heteroatoms. The monoisotopic (exact) mass is 316 g/mol. The Balaban J connectivity index is 2.12. The standard InChI is InChI=1S/C17H17ClN2S/c1-21-12-20-10-9-19-17(13-5-3-2-4-6-13)15-11-14(18)7-8-16(15)20/h2-8,11H,9-10,12H2,1H3. The van der Waals surface area contributed by atoms with Crippen molar-refractivity contribution in [2.24, 2.45) is 4.99 Å². The molecule has 1 aliphatic rings. The maximum atomic E-state index is 6.23. The molecule has 0 saturated carbocycles. The molecule has 0 aliphatic carbocycles. The van der Waals surface area contributed by atoms with Crippen LogP contribution in [0.2, 0.25) is 5.02 Å². The van der Waals surface area contributed by atoms with Crippen LogP contribution in [0.5, 0.6) is 0 Å². The molecule has 108 valence electrons. The van der Waals surface area contributed by atoms with Crippen molar-refractivity contribution in [3.05, 3.63) is 64.7 Å². The maximum Gasteiger partial charge on any atom is 0.0741 e. The molecule has 2 aromatic carbocycles. The summed E-state index contributed by atoms with van der Waals surface area (Å²) in [6.45, 7) is 1.74. The zero-order valence-electron chi connectivity index (χ0n) is 11.9. The minimum atomic E-state index is 0.753. The Labute approximate surface area is 134 Å². The molecular weight excluding hydrogens is 300 g/mol. The molecule has 0 N–H and O–H groups in total. The molecule has 0 bridgehead atoms. The van der Waals surface area contributed by atoms with Crippen LogP contribution in [-0.4, -0.2) is 30.9 Å². The van der Waals surface area contributed by atoms with E-state index in [0.29, 0.717) is 0 Å². The van der Waals surface area contributed by atoms with Crippen molar-refractivity contribution in [2.75, 3.05) is 30.1 Å². The quantitative estimate of drug-likeness (QED) is 0.838. The SMILES string of the molecule is CSCN1CCN=C(c2ccccc2)c2cc(Cl)ccc21. The fourth-order valence-corrected chi connectivity index (χ4v) is 3.35. The number of anilines is 1. The molecule has 0 amide bonds. The van der Waals surface area contributed by atoms with Crippen LogP contribution in [0.15, 0.2) is 53.5 Å². The molecule has 0 radical (unpaired) electrons. The van der Waals surface area contributed by atoms with Gasteiger partial charge in [-0.2, -0.15) is 0 Å². The van der Waals surface area contributed by atoms with Crippen molar-refractivity contribution in [2.45, 2.75) is 0 Å². The summed E-state index contributed by atoms with van der Waals surface area (Å²) in [7, 11) is 0. The van der Waals surface area contributed by atoms with E-state index >= 15 is 0 Å². The zero-order valence-corrected chi connectivity index (χ0v) is 13.5. The summed E-state index contributed by atoms with van der Waals surface area (Å²) < 4.78 is 0. The molecule has 3 rings (SSSR count). The predicted octanol–water partition coefficient (Wildman–Crippen LogP) is 4.32. The van der Waals surface area contributed by atoms with Crippen LogP contribution in [0, 0.1) is 0 Å². The highest BCUT2D eigenvalue weighted by molar-refractivity contribution is 7.98. The molecule has 2 nitrogen and oxygen atoms in total. The van der Waals surface area contributed by atoms with Crippen molar-refractivity contribution in [1.82, 2.24) is 0 Å². The van der Waals surface area contributed by atoms with Gasteiger partial charge in [-0.25, -0.2) is 0 Å². The average molecular weight is 317 g/mol. The second kappa shape index (κ2) is 6.54. The summed E-state index contributed by atoms with van der Waals surface area (Å²) in [6.07, 6.45) is 2.12. The summed E-state index contributed by atoms with van der Waals surface area (Å²) in [5.41, 5.74) is 4.53. The van der Waals surface area contributed by atoms with Gasteiger partial charge in [-0.15, -0.1) is 11.8 Å². The molecule has 1 aliphatic heterocycles. The van der Waals surface area contributed by atoms with Gasteiger partial charge in [-0.1, -0.05) is 41.9 Å². The lowest BCUT2D eigenvalue weighted by molar-refractivity contribution is 0.882.